The Hall–Kier alpha value is -3.06. The van der Waals surface area contributed by atoms with Crippen molar-refractivity contribution in [2.24, 2.45) is 11.8 Å². The quantitative estimate of drug-likeness (QED) is 0.709. The Kier molecular flexibility index (Phi) is 5.04. The van der Waals surface area contributed by atoms with E-state index in [0.29, 0.717) is 24.2 Å². The summed E-state index contributed by atoms with van der Waals surface area (Å²) >= 11 is 0. The van der Waals surface area contributed by atoms with E-state index in [0.717, 1.165) is 49.6 Å². The van der Waals surface area contributed by atoms with Crippen molar-refractivity contribution in [1.82, 2.24) is 25.0 Å². The summed E-state index contributed by atoms with van der Waals surface area (Å²) in [4.78, 5) is 15.1. The van der Waals surface area contributed by atoms with Gasteiger partial charge >= 0.3 is 0 Å². The van der Waals surface area contributed by atoms with Gasteiger partial charge in [-0.05, 0) is 35.1 Å². The third kappa shape index (κ3) is 3.85. The maximum Gasteiger partial charge on any atom is 0.289 e. The summed E-state index contributed by atoms with van der Waals surface area (Å²) in [6.07, 6.45) is 0.823. The number of aromatic nitrogens is 3. The van der Waals surface area contributed by atoms with Crippen molar-refractivity contribution < 1.29 is 9.18 Å². The van der Waals surface area contributed by atoms with E-state index in [4.69, 9.17) is 0 Å². The highest BCUT2D eigenvalue weighted by Gasteiger charge is 2.39. The SMILES string of the molecule is O=C(NCc1ccccc1)c1nnc2n1C[C@@H]1CN(Cc3cccc(F)c3)C[C@H]1C2. The molecule has 1 fully saturated rings. The number of halogens is 1. The van der Waals surface area contributed by atoms with Gasteiger partial charge in [0, 0.05) is 39.1 Å². The first-order valence-electron chi connectivity index (χ1n) is 10.4. The molecule has 0 aliphatic carbocycles. The Labute approximate surface area is 174 Å². The number of nitrogens with one attached hydrogen (secondary N) is 1. The fourth-order valence-corrected chi connectivity index (χ4v) is 4.67. The molecule has 1 aromatic heterocycles. The molecule has 1 amide bonds. The van der Waals surface area contributed by atoms with Crippen molar-refractivity contribution in [3.8, 4) is 0 Å². The van der Waals surface area contributed by atoms with Gasteiger partial charge < -0.3 is 9.88 Å². The smallest absolute Gasteiger partial charge is 0.289 e. The van der Waals surface area contributed by atoms with Gasteiger partial charge in [0.15, 0.2) is 0 Å². The van der Waals surface area contributed by atoms with Crippen LogP contribution in [0, 0.1) is 17.7 Å². The number of nitrogens with zero attached hydrogens (tertiary/aromatic N) is 4. The predicted octanol–water partition coefficient (Wildman–Crippen LogP) is 2.65. The molecule has 2 aliphatic heterocycles. The number of carbonyl (C=O) groups excluding carboxylic acids is 1. The average molecular weight is 405 g/mol. The van der Waals surface area contributed by atoms with E-state index in [9.17, 15) is 9.18 Å². The molecule has 2 aliphatic rings. The second-order valence-corrected chi connectivity index (χ2v) is 8.27. The molecule has 0 spiro atoms. The van der Waals surface area contributed by atoms with Gasteiger partial charge in [0.1, 0.15) is 11.6 Å². The molecule has 154 valence electrons. The Morgan fingerprint density at radius 2 is 1.80 bits per heavy atom. The standard InChI is InChI=1S/C23H24FN5O/c24-20-8-4-7-17(9-20)12-28-13-18-10-21-26-27-22(29(21)15-19(18)14-28)23(30)25-11-16-5-2-1-3-6-16/h1-9,18-19H,10-15H2,(H,25,30)/t18-,19+/m1/s1. The lowest BCUT2D eigenvalue weighted by atomic mass is 9.89. The summed E-state index contributed by atoms with van der Waals surface area (Å²) in [6.45, 7) is 3.86. The van der Waals surface area contributed by atoms with Crippen LogP contribution in [0.3, 0.4) is 0 Å². The van der Waals surface area contributed by atoms with Crippen LogP contribution in [0.4, 0.5) is 4.39 Å². The first-order valence-corrected chi connectivity index (χ1v) is 10.4. The molecular weight excluding hydrogens is 381 g/mol. The molecule has 3 heterocycles. The number of rotatable bonds is 5. The van der Waals surface area contributed by atoms with Crippen molar-refractivity contribution in [3.05, 3.63) is 83.2 Å². The lowest BCUT2D eigenvalue weighted by Gasteiger charge is -2.25. The largest absolute Gasteiger partial charge is 0.345 e. The second-order valence-electron chi connectivity index (χ2n) is 8.27. The van der Waals surface area contributed by atoms with Crippen molar-refractivity contribution in [1.29, 1.82) is 0 Å². The molecule has 0 unspecified atom stereocenters. The predicted molar refractivity (Wildman–Crippen MR) is 110 cm³/mol. The van der Waals surface area contributed by atoms with E-state index in [-0.39, 0.29) is 11.7 Å². The topological polar surface area (TPSA) is 63.1 Å². The monoisotopic (exact) mass is 405 g/mol. The van der Waals surface area contributed by atoms with Gasteiger partial charge in [-0.3, -0.25) is 9.69 Å². The summed E-state index contributed by atoms with van der Waals surface area (Å²) in [5.74, 6) is 1.84. The van der Waals surface area contributed by atoms with Gasteiger partial charge in [-0.15, -0.1) is 10.2 Å². The molecule has 30 heavy (non-hydrogen) atoms. The summed E-state index contributed by atoms with van der Waals surface area (Å²) in [6, 6.07) is 16.6. The second kappa shape index (κ2) is 7.99. The molecule has 2 aromatic carbocycles. The van der Waals surface area contributed by atoms with E-state index in [1.165, 1.54) is 6.07 Å². The van der Waals surface area contributed by atoms with Crippen LogP contribution >= 0.6 is 0 Å². The van der Waals surface area contributed by atoms with Crippen LogP contribution in [0.5, 0.6) is 0 Å². The van der Waals surface area contributed by atoms with Crippen molar-refractivity contribution in [3.63, 3.8) is 0 Å². The highest BCUT2D eigenvalue weighted by atomic mass is 19.1. The van der Waals surface area contributed by atoms with E-state index >= 15 is 0 Å². The zero-order chi connectivity index (χ0) is 20.5. The van der Waals surface area contributed by atoms with Crippen molar-refractivity contribution in [2.75, 3.05) is 13.1 Å². The zero-order valence-electron chi connectivity index (χ0n) is 16.7. The normalized spacial score (nSPS) is 20.6. The third-order valence-electron chi connectivity index (χ3n) is 6.14. The van der Waals surface area contributed by atoms with Crippen LogP contribution in [0.25, 0.3) is 0 Å². The fraction of sp³-hybridized carbons (Fsp3) is 0.348. The molecule has 1 N–H and O–H groups in total. The first-order chi connectivity index (χ1) is 14.7. The van der Waals surface area contributed by atoms with Crippen molar-refractivity contribution >= 4 is 5.91 Å². The van der Waals surface area contributed by atoms with Gasteiger partial charge in [0.25, 0.3) is 5.91 Å². The van der Waals surface area contributed by atoms with Gasteiger partial charge in [-0.25, -0.2) is 4.39 Å². The molecular formula is C23H24FN5O. The third-order valence-corrected chi connectivity index (χ3v) is 6.14. The number of benzene rings is 2. The minimum atomic E-state index is -0.193. The number of amides is 1. The average Bonchev–Trinajstić information content (AvgIpc) is 3.33. The molecule has 0 bridgehead atoms. The number of carbonyl (C=O) groups is 1. The lowest BCUT2D eigenvalue weighted by Crippen LogP contribution is -2.32. The number of fused-ring (bicyclic) bond motifs is 2. The number of likely N-dealkylation sites (tertiary alicyclic amines) is 1. The van der Waals surface area contributed by atoms with Crippen LogP contribution in [-0.2, 0) is 26.1 Å². The summed E-state index contributed by atoms with van der Waals surface area (Å²) in [5.41, 5.74) is 2.04. The first kappa shape index (κ1) is 18.9. The maximum atomic E-state index is 13.5. The highest BCUT2D eigenvalue weighted by Crippen LogP contribution is 2.33. The Balaban J connectivity index is 1.24. The van der Waals surface area contributed by atoms with Crippen LogP contribution < -0.4 is 5.32 Å². The van der Waals surface area contributed by atoms with Crippen LogP contribution in [0.1, 0.15) is 27.6 Å². The van der Waals surface area contributed by atoms with E-state index in [2.05, 4.69) is 20.4 Å². The van der Waals surface area contributed by atoms with Crippen molar-refractivity contribution in [2.45, 2.75) is 26.1 Å². The Morgan fingerprint density at radius 1 is 1.00 bits per heavy atom. The zero-order valence-corrected chi connectivity index (χ0v) is 16.7. The Bertz CT molecular complexity index is 1050. The van der Waals surface area contributed by atoms with E-state index < -0.39 is 0 Å². The van der Waals surface area contributed by atoms with Crippen LogP contribution in [0.15, 0.2) is 54.6 Å². The summed E-state index contributed by atoms with van der Waals surface area (Å²) in [7, 11) is 0. The summed E-state index contributed by atoms with van der Waals surface area (Å²) < 4.78 is 15.5. The molecule has 1 saturated heterocycles. The number of hydrogen-bond acceptors (Lipinski definition) is 4. The van der Waals surface area contributed by atoms with E-state index in [1.54, 1.807) is 12.1 Å². The highest BCUT2D eigenvalue weighted by molar-refractivity contribution is 5.90. The Morgan fingerprint density at radius 3 is 2.63 bits per heavy atom. The molecule has 5 rings (SSSR count). The molecule has 3 aromatic rings. The van der Waals surface area contributed by atoms with Gasteiger partial charge in [-0.1, -0.05) is 42.5 Å². The maximum absolute atomic E-state index is 13.5. The van der Waals surface area contributed by atoms with Crippen LogP contribution in [0.2, 0.25) is 0 Å². The van der Waals surface area contributed by atoms with Gasteiger partial charge in [0.05, 0.1) is 0 Å². The van der Waals surface area contributed by atoms with Gasteiger partial charge in [-0.2, -0.15) is 0 Å². The molecule has 0 saturated carbocycles. The van der Waals surface area contributed by atoms with E-state index in [1.807, 2.05) is 41.0 Å². The molecule has 6 nitrogen and oxygen atoms in total. The molecule has 2 atom stereocenters. The molecule has 0 radical (unpaired) electrons. The molecule has 7 heteroatoms. The minimum Gasteiger partial charge on any atom is -0.345 e. The summed E-state index contributed by atoms with van der Waals surface area (Å²) in [5, 5.41) is 11.4. The lowest BCUT2D eigenvalue weighted by molar-refractivity contribution is 0.0932. The number of hydrogen-bond donors (Lipinski definition) is 1. The minimum absolute atomic E-state index is 0.189. The van der Waals surface area contributed by atoms with Gasteiger partial charge in [0.2, 0.25) is 5.82 Å². The fourth-order valence-electron chi connectivity index (χ4n) is 4.67. The van der Waals surface area contributed by atoms with Crippen LogP contribution in [-0.4, -0.2) is 38.7 Å².